The second-order valence-electron chi connectivity index (χ2n) is 4.16. The maximum atomic E-state index is 10.9. The van der Waals surface area contributed by atoms with E-state index in [2.05, 4.69) is 9.89 Å². The molecule has 0 bridgehead atoms. The predicted molar refractivity (Wildman–Crippen MR) is 65.7 cm³/mol. The van der Waals surface area contributed by atoms with E-state index < -0.39 is 5.97 Å². The van der Waals surface area contributed by atoms with Crippen molar-refractivity contribution >= 4 is 23.3 Å². The molecule has 0 aromatic heterocycles. The lowest BCUT2D eigenvalue weighted by Crippen LogP contribution is -3.00. The van der Waals surface area contributed by atoms with Crippen molar-refractivity contribution in [2.75, 3.05) is 29.4 Å². The van der Waals surface area contributed by atoms with Gasteiger partial charge in [-0.1, -0.05) is 12.1 Å². The van der Waals surface area contributed by atoms with Gasteiger partial charge in [0, 0.05) is 13.1 Å². The summed E-state index contributed by atoms with van der Waals surface area (Å²) in [7, 11) is 0. The fourth-order valence-electron chi connectivity index (χ4n) is 2.37. The van der Waals surface area contributed by atoms with Gasteiger partial charge >= 0.3 is 5.97 Å². The van der Waals surface area contributed by atoms with E-state index >= 15 is 0 Å². The summed E-state index contributed by atoms with van der Waals surface area (Å²) in [6.45, 7) is 1.65. The quantitative estimate of drug-likeness (QED) is 0.684. The molecule has 0 unspecified atom stereocenters. The summed E-state index contributed by atoms with van der Waals surface area (Å²) < 4.78 is 0. The molecule has 1 N–H and O–H groups in total. The average Bonchev–Trinajstić information content (AvgIpc) is 2.65. The zero-order valence-corrected chi connectivity index (χ0v) is 10.5. The highest BCUT2D eigenvalue weighted by atomic mass is 35.5. The van der Waals surface area contributed by atoms with Gasteiger partial charge in [-0.2, -0.15) is 0 Å². The zero-order valence-electron chi connectivity index (χ0n) is 9.71. The molecule has 5 nitrogen and oxygen atoms in total. The Hall–Kier alpha value is -1.75. The van der Waals surface area contributed by atoms with Gasteiger partial charge < -0.3 is 22.4 Å². The van der Waals surface area contributed by atoms with Crippen molar-refractivity contribution in [2.45, 2.75) is 6.42 Å². The first-order valence-electron chi connectivity index (χ1n) is 5.68. The van der Waals surface area contributed by atoms with Crippen LogP contribution < -0.4 is 22.2 Å². The van der Waals surface area contributed by atoms with Gasteiger partial charge in [0.1, 0.15) is 6.54 Å². The molecule has 0 amide bonds. The van der Waals surface area contributed by atoms with E-state index in [9.17, 15) is 4.79 Å². The van der Waals surface area contributed by atoms with Crippen LogP contribution in [0, 0.1) is 0 Å². The van der Waals surface area contributed by atoms with E-state index in [4.69, 9.17) is 5.11 Å². The number of hydrogen-bond acceptors (Lipinski definition) is 4. The van der Waals surface area contributed by atoms with Crippen LogP contribution in [0.25, 0.3) is 0 Å². The Kier molecular flexibility index (Phi) is 3.43. The number of carboxylic acid groups (broad SMARTS) is 1. The number of fused-ring (bicyclic) bond motifs is 3. The van der Waals surface area contributed by atoms with Gasteiger partial charge in [-0.3, -0.25) is 14.7 Å². The molecule has 1 aromatic rings. The molecule has 0 saturated heterocycles. The fraction of sp³-hybridized carbons (Fsp3) is 0.333. The maximum Gasteiger partial charge on any atom is 0.323 e. The van der Waals surface area contributed by atoms with Gasteiger partial charge in [0.05, 0.1) is 11.4 Å². The molecule has 0 saturated carbocycles. The molecule has 6 heteroatoms. The Morgan fingerprint density at radius 2 is 2.06 bits per heavy atom. The molecule has 2 heterocycles. The van der Waals surface area contributed by atoms with E-state index in [1.807, 2.05) is 24.3 Å². The molecule has 18 heavy (non-hydrogen) atoms. The van der Waals surface area contributed by atoms with Crippen LogP contribution in [0.5, 0.6) is 0 Å². The molecule has 1 aromatic carbocycles. The molecule has 0 fully saturated rings. The maximum absolute atomic E-state index is 10.9. The second-order valence-corrected chi connectivity index (χ2v) is 4.16. The molecular formula is C12H13ClN3O2-. The van der Waals surface area contributed by atoms with Crippen LogP contribution in [0.15, 0.2) is 29.3 Å². The molecule has 0 aliphatic carbocycles. The largest absolute Gasteiger partial charge is 1.00 e. The molecular weight excluding hydrogens is 254 g/mol. The van der Waals surface area contributed by atoms with Crippen molar-refractivity contribution < 1.29 is 22.3 Å². The van der Waals surface area contributed by atoms with Crippen LogP contribution in [-0.4, -0.2) is 36.7 Å². The third kappa shape index (κ3) is 1.90. The number of anilines is 2. The van der Waals surface area contributed by atoms with Crippen molar-refractivity contribution in [1.82, 2.24) is 0 Å². The zero-order chi connectivity index (χ0) is 11.8. The van der Waals surface area contributed by atoms with Crippen molar-refractivity contribution in [2.24, 2.45) is 4.99 Å². The van der Waals surface area contributed by atoms with Gasteiger partial charge in [-0.25, -0.2) is 0 Å². The summed E-state index contributed by atoms with van der Waals surface area (Å²) in [5.41, 5.74) is 2.00. The molecule has 96 valence electrons. The number of halogens is 1. The molecule has 0 spiro atoms. The first-order chi connectivity index (χ1) is 8.27. The summed E-state index contributed by atoms with van der Waals surface area (Å²) in [4.78, 5) is 19.2. The van der Waals surface area contributed by atoms with Crippen LogP contribution in [0.2, 0.25) is 0 Å². The SMILES string of the molecule is O=C(O)CN1C2=NCCCN2c2ccccc21.[Cl-]. The molecule has 2 aliphatic rings. The Labute approximate surface area is 111 Å². The third-order valence-electron chi connectivity index (χ3n) is 3.03. The lowest BCUT2D eigenvalue weighted by atomic mass is 10.2. The molecule has 0 atom stereocenters. The standard InChI is InChI=1S/C12H13N3O2.ClH/c16-11(17)8-15-10-5-2-1-4-9(10)14-7-3-6-13-12(14)15;/h1-2,4-5H,3,6-8H2,(H,16,17);1H/p-1. The van der Waals surface area contributed by atoms with Gasteiger partial charge in [0.25, 0.3) is 0 Å². The lowest BCUT2D eigenvalue weighted by Gasteiger charge is -2.25. The number of aliphatic carboxylic acids is 1. The van der Waals surface area contributed by atoms with E-state index in [0.717, 1.165) is 36.8 Å². The number of carboxylic acids is 1. The van der Waals surface area contributed by atoms with E-state index in [1.54, 1.807) is 4.90 Å². The summed E-state index contributed by atoms with van der Waals surface area (Å²) in [6, 6.07) is 7.85. The normalized spacial score (nSPS) is 16.6. The Balaban J connectivity index is 0.00000120. The highest BCUT2D eigenvalue weighted by Gasteiger charge is 2.34. The van der Waals surface area contributed by atoms with E-state index in [1.165, 1.54) is 0 Å². The Bertz CT molecular complexity index is 504. The fourth-order valence-corrected chi connectivity index (χ4v) is 2.37. The number of aliphatic imine (C=N–C) groups is 1. The smallest absolute Gasteiger partial charge is 0.323 e. The van der Waals surface area contributed by atoms with E-state index in [0.29, 0.717) is 0 Å². The Morgan fingerprint density at radius 1 is 1.33 bits per heavy atom. The number of hydrogen-bond donors (Lipinski definition) is 1. The molecule has 3 rings (SSSR count). The van der Waals surface area contributed by atoms with Gasteiger partial charge in [-0.15, -0.1) is 0 Å². The predicted octanol–water partition coefficient (Wildman–Crippen LogP) is -1.84. The minimum absolute atomic E-state index is 0. The lowest BCUT2D eigenvalue weighted by molar-refractivity contribution is -0.135. The number of para-hydroxylation sites is 2. The highest BCUT2D eigenvalue weighted by molar-refractivity contribution is 6.17. The number of guanidine groups is 1. The summed E-state index contributed by atoms with van der Waals surface area (Å²) in [6.07, 6.45) is 1.01. The average molecular weight is 267 g/mol. The van der Waals surface area contributed by atoms with E-state index in [-0.39, 0.29) is 19.0 Å². The van der Waals surface area contributed by atoms with Crippen LogP contribution in [0.3, 0.4) is 0 Å². The molecule has 2 aliphatic heterocycles. The topological polar surface area (TPSA) is 56.1 Å². The van der Waals surface area contributed by atoms with Crippen LogP contribution >= 0.6 is 0 Å². The minimum Gasteiger partial charge on any atom is -1.00 e. The molecule has 0 radical (unpaired) electrons. The van der Waals surface area contributed by atoms with Crippen molar-refractivity contribution in [3.8, 4) is 0 Å². The number of carbonyl (C=O) groups is 1. The van der Waals surface area contributed by atoms with Crippen molar-refractivity contribution in [3.05, 3.63) is 24.3 Å². The first kappa shape index (κ1) is 12.7. The van der Waals surface area contributed by atoms with Crippen LogP contribution in [0.1, 0.15) is 6.42 Å². The van der Waals surface area contributed by atoms with Crippen molar-refractivity contribution in [1.29, 1.82) is 0 Å². The summed E-state index contributed by atoms with van der Waals surface area (Å²) in [5, 5.41) is 8.97. The third-order valence-corrected chi connectivity index (χ3v) is 3.03. The van der Waals surface area contributed by atoms with Gasteiger partial charge in [0.2, 0.25) is 5.96 Å². The van der Waals surface area contributed by atoms with Gasteiger partial charge in [-0.05, 0) is 18.6 Å². The van der Waals surface area contributed by atoms with Crippen LogP contribution in [0.4, 0.5) is 11.4 Å². The number of rotatable bonds is 2. The number of benzene rings is 1. The Morgan fingerprint density at radius 3 is 2.78 bits per heavy atom. The monoisotopic (exact) mass is 266 g/mol. The summed E-state index contributed by atoms with van der Waals surface area (Å²) in [5.74, 6) is -0.0604. The van der Waals surface area contributed by atoms with Gasteiger partial charge in [0.15, 0.2) is 0 Å². The first-order valence-corrected chi connectivity index (χ1v) is 5.68. The highest BCUT2D eigenvalue weighted by Crippen LogP contribution is 2.37. The minimum atomic E-state index is -0.838. The number of nitrogens with zero attached hydrogens (tertiary/aromatic N) is 3. The summed E-state index contributed by atoms with van der Waals surface area (Å²) >= 11 is 0. The van der Waals surface area contributed by atoms with Crippen molar-refractivity contribution in [3.63, 3.8) is 0 Å². The second kappa shape index (κ2) is 4.86. The van der Waals surface area contributed by atoms with Crippen LogP contribution in [-0.2, 0) is 4.79 Å².